The zero-order valence-corrected chi connectivity index (χ0v) is 14.8. The number of rotatable bonds is 4. The molecule has 0 heterocycles. The summed E-state index contributed by atoms with van der Waals surface area (Å²) in [6.45, 7) is 0. The van der Waals surface area contributed by atoms with Crippen LogP contribution in [-0.2, 0) is 27.6 Å². The molecule has 0 spiro atoms. The largest absolute Gasteiger partial charge is 0.465 e. The Bertz CT molecular complexity index is 953. The predicted octanol–water partition coefficient (Wildman–Crippen LogP) is 3.43. The number of aryl methyl sites for hydroxylation is 1. The van der Waals surface area contributed by atoms with Gasteiger partial charge in [0, 0.05) is 0 Å². The maximum Gasteiger partial charge on any atom is 0.340 e. The van der Waals surface area contributed by atoms with Crippen LogP contribution in [0.2, 0.25) is 0 Å². The van der Waals surface area contributed by atoms with E-state index in [0.717, 1.165) is 43.0 Å². The number of halogens is 2. The van der Waals surface area contributed by atoms with E-state index in [1.54, 1.807) is 6.07 Å². The maximum atomic E-state index is 13.9. The molecule has 0 saturated carbocycles. The number of nitrogens with one attached hydrogen (secondary N) is 1. The first-order valence-electron chi connectivity index (χ1n) is 8.05. The molecule has 5 nitrogen and oxygen atoms in total. The number of sulfonamides is 1. The smallest absolute Gasteiger partial charge is 0.340 e. The first-order chi connectivity index (χ1) is 12.3. The molecular formula is C18H17F2NO4S. The van der Waals surface area contributed by atoms with Crippen molar-refractivity contribution in [2.24, 2.45) is 0 Å². The summed E-state index contributed by atoms with van der Waals surface area (Å²) in [5, 5.41) is 0. The van der Waals surface area contributed by atoms with Crippen molar-refractivity contribution in [3.05, 3.63) is 58.7 Å². The lowest BCUT2D eigenvalue weighted by Crippen LogP contribution is -2.21. The highest BCUT2D eigenvalue weighted by Gasteiger charge is 2.28. The molecular weight excluding hydrogens is 364 g/mol. The molecule has 2 aromatic carbocycles. The topological polar surface area (TPSA) is 72.5 Å². The van der Waals surface area contributed by atoms with Crippen LogP contribution >= 0.6 is 0 Å². The molecule has 0 aromatic heterocycles. The van der Waals surface area contributed by atoms with Gasteiger partial charge in [-0.15, -0.1) is 0 Å². The van der Waals surface area contributed by atoms with E-state index in [2.05, 4.69) is 4.72 Å². The summed E-state index contributed by atoms with van der Waals surface area (Å²) in [6.07, 6.45) is 3.20. The van der Waals surface area contributed by atoms with Gasteiger partial charge in [0.25, 0.3) is 10.0 Å². The Morgan fingerprint density at radius 3 is 2.38 bits per heavy atom. The van der Waals surface area contributed by atoms with Gasteiger partial charge in [-0.05, 0) is 55.0 Å². The highest BCUT2D eigenvalue weighted by Crippen LogP contribution is 2.32. The van der Waals surface area contributed by atoms with Gasteiger partial charge in [0.2, 0.25) is 0 Å². The fourth-order valence-corrected chi connectivity index (χ4v) is 4.39. The maximum absolute atomic E-state index is 13.9. The van der Waals surface area contributed by atoms with Gasteiger partial charge in [-0.2, -0.15) is 0 Å². The summed E-state index contributed by atoms with van der Waals surface area (Å²) in [7, 11) is -3.38. The zero-order valence-electron chi connectivity index (χ0n) is 14.0. The van der Waals surface area contributed by atoms with E-state index in [9.17, 15) is 22.0 Å². The lowest BCUT2D eigenvalue weighted by Gasteiger charge is -2.21. The van der Waals surface area contributed by atoms with Gasteiger partial charge in [0.1, 0.15) is 11.6 Å². The third-order valence-corrected chi connectivity index (χ3v) is 5.77. The average molecular weight is 381 g/mol. The van der Waals surface area contributed by atoms with Crippen molar-refractivity contribution in [2.45, 2.75) is 30.6 Å². The zero-order chi connectivity index (χ0) is 18.9. The molecule has 0 atom stereocenters. The molecule has 0 amide bonds. The van der Waals surface area contributed by atoms with Crippen LogP contribution in [0.25, 0.3) is 0 Å². The number of esters is 1. The van der Waals surface area contributed by atoms with Gasteiger partial charge in [0.05, 0.1) is 18.4 Å². The molecule has 1 aliphatic rings. The number of fused-ring (bicyclic) bond motifs is 1. The molecule has 1 N–H and O–H groups in total. The third-order valence-electron chi connectivity index (χ3n) is 4.35. The molecule has 2 aromatic rings. The standard InChI is InChI=1S/C18H17F2NO4S/c1-25-18(22)16-12-6-3-2-5-11(12)9-10-15(16)21-26(23,24)17-13(19)7-4-8-14(17)20/h4,7-10,21H,2-3,5-6H2,1H3. The number of carbonyl (C=O) groups is 1. The van der Waals surface area contributed by atoms with Crippen LogP contribution in [-0.4, -0.2) is 21.5 Å². The van der Waals surface area contributed by atoms with Crippen molar-refractivity contribution in [1.82, 2.24) is 0 Å². The van der Waals surface area contributed by atoms with Crippen LogP contribution in [0.15, 0.2) is 35.2 Å². The third kappa shape index (κ3) is 3.29. The molecule has 0 saturated heterocycles. The second-order valence-electron chi connectivity index (χ2n) is 5.98. The number of hydrogen-bond acceptors (Lipinski definition) is 4. The predicted molar refractivity (Wildman–Crippen MR) is 91.6 cm³/mol. The van der Waals surface area contributed by atoms with Gasteiger partial charge in [-0.25, -0.2) is 22.0 Å². The molecule has 0 bridgehead atoms. The van der Waals surface area contributed by atoms with E-state index in [1.165, 1.54) is 13.2 Å². The monoisotopic (exact) mass is 381 g/mol. The number of benzene rings is 2. The van der Waals surface area contributed by atoms with Gasteiger partial charge in [-0.1, -0.05) is 12.1 Å². The van der Waals surface area contributed by atoms with E-state index < -0.39 is 32.5 Å². The molecule has 0 radical (unpaired) electrons. The Kier molecular flexibility index (Phi) is 4.95. The quantitative estimate of drug-likeness (QED) is 0.824. The van der Waals surface area contributed by atoms with E-state index in [1.807, 2.05) is 0 Å². The van der Waals surface area contributed by atoms with Gasteiger partial charge in [-0.3, -0.25) is 4.72 Å². The molecule has 1 aliphatic carbocycles. The Hall–Kier alpha value is -2.48. The van der Waals surface area contributed by atoms with E-state index >= 15 is 0 Å². The lowest BCUT2D eigenvalue weighted by atomic mass is 9.87. The highest BCUT2D eigenvalue weighted by molar-refractivity contribution is 7.92. The van der Waals surface area contributed by atoms with Crippen LogP contribution in [0, 0.1) is 11.6 Å². The van der Waals surface area contributed by atoms with E-state index in [-0.39, 0.29) is 11.3 Å². The van der Waals surface area contributed by atoms with Crippen molar-refractivity contribution >= 4 is 21.7 Å². The summed E-state index contributed by atoms with van der Waals surface area (Å²) in [6, 6.07) is 5.92. The summed E-state index contributed by atoms with van der Waals surface area (Å²) >= 11 is 0. The van der Waals surface area contributed by atoms with E-state index in [4.69, 9.17) is 4.74 Å². The highest BCUT2D eigenvalue weighted by atomic mass is 32.2. The minimum atomic E-state index is -4.57. The van der Waals surface area contributed by atoms with Crippen molar-refractivity contribution in [1.29, 1.82) is 0 Å². The average Bonchev–Trinajstić information content (AvgIpc) is 2.60. The molecule has 8 heteroatoms. The summed E-state index contributed by atoms with van der Waals surface area (Å²) in [4.78, 5) is 11.2. The summed E-state index contributed by atoms with van der Waals surface area (Å²) in [5.74, 6) is -3.12. The first-order valence-corrected chi connectivity index (χ1v) is 9.53. The normalized spacial score (nSPS) is 13.8. The number of hydrogen-bond donors (Lipinski definition) is 1. The Morgan fingerprint density at radius 2 is 1.73 bits per heavy atom. The van der Waals surface area contributed by atoms with E-state index in [0.29, 0.717) is 12.0 Å². The Labute approximate surface area is 150 Å². The number of carbonyl (C=O) groups excluding carboxylic acids is 1. The fraction of sp³-hybridized carbons (Fsp3) is 0.278. The molecule has 138 valence electrons. The SMILES string of the molecule is COC(=O)c1c(NS(=O)(=O)c2c(F)cccc2F)ccc2c1CCCC2. The Balaban J connectivity index is 2.11. The number of ether oxygens (including phenoxy) is 1. The molecule has 0 unspecified atom stereocenters. The molecule has 0 aliphatic heterocycles. The fourth-order valence-electron chi connectivity index (χ4n) is 3.18. The van der Waals surface area contributed by atoms with Gasteiger partial charge in [0.15, 0.2) is 4.90 Å². The number of methoxy groups -OCH3 is 1. The van der Waals surface area contributed by atoms with Crippen LogP contribution in [0.1, 0.15) is 34.3 Å². The van der Waals surface area contributed by atoms with Crippen LogP contribution in [0.3, 0.4) is 0 Å². The summed E-state index contributed by atoms with van der Waals surface area (Å²) < 4.78 is 59.8. The number of anilines is 1. The minimum Gasteiger partial charge on any atom is -0.465 e. The van der Waals surface area contributed by atoms with Crippen molar-refractivity contribution in [2.75, 3.05) is 11.8 Å². The molecule has 3 rings (SSSR count). The van der Waals surface area contributed by atoms with Crippen LogP contribution in [0.4, 0.5) is 14.5 Å². The second kappa shape index (κ2) is 7.03. The van der Waals surface area contributed by atoms with Gasteiger partial charge < -0.3 is 4.74 Å². The van der Waals surface area contributed by atoms with Crippen molar-refractivity contribution < 1.29 is 26.7 Å². The van der Waals surface area contributed by atoms with Crippen LogP contribution in [0.5, 0.6) is 0 Å². The lowest BCUT2D eigenvalue weighted by molar-refractivity contribution is 0.0600. The summed E-state index contributed by atoms with van der Waals surface area (Å²) in [5.41, 5.74) is 1.68. The van der Waals surface area contributed by atoms with Crippen LogP contribution < -0.4 is 4.72 Å². The minimum absolute atomic E-state index is 0.0554. The second-order valence-corrected chi connectivity index (χ2v) is 7.60. The molecule has 26 heavy (non-hydrogen) atoms. The van der Waals surface area contributed by atoms with Gasteiger partial charge >= 0.3 is 5.97 Å². The first kappa shape index (κ1) is 18.3. The van der Waals surface area contributed by atoms with Crippen molar-refractivity contribution in [3.63, 3.8) is 0 Å². The Morgan fingerprint density at radius 1 is 1.08 bits per heavy atom. The van der Waals surface area contributed by atoms with Crippen molar-refractivity contribution in [3.8, 4) is 0 Å². The molecule has 0 fully saturated rings.